The fourth-order valence-electron chi connectivity index (χ4n) is 5.03. The highest BCUT2D eigenvalue weighted by Gasteiger charge is 2.46. The first-order valence-corrected chi connectivity index (χ1v) is 12.3. The van der Waals surface area contributed by atoms with Gasteiger partial charge in [-0.3, -0.25) is 9.59 Å². The Kier molecular flexibility index (Phi) is 6.12. The van der Waals surface area contributed by atoms with Crippen LogP contribution in [-0.4, -0.2) is 27.7 Å². The first kappa shape index (κ1) is 23.2. The van der Waals surface area contributed by atoms with E-state index in [0.717, 1.165) is 34.0 Å². The first-order valence-electron chi connectivity index (χ1n) is 11.9. The normalized spacial score (nSPS) is 16.9. The summed E-state index contributed by atoms with van der Waals surface area (Å²) in [5.41, 5.74) is 5.10. The standard InChI is InChI=1S/C29H28ClN3O2/c1-4-17(2)26(28(34)32-19-14-13-18(3)24(30)15-19)33-27(21-10-5-6-11-22(21)29(33)35)23-16-31-25-12-8-7-9-20(23)25/h5-17,26-27,31H,4H2,1-3H3,(H,32,34). The van der Waals surface area contributed by atoms with Gasteiger partial charge in [-0.15, -0.1) is 0 Å². The van der Waals surface area contributed by atoms with Crippen LogP contribution in [0.1, 0.15) is 53.4 Å². The summed E-state index contributed by atoms with van der Waals surface area (Å²) in [6.07, 6.45) is 2.70. The molecule has 2 amide bonds. The van der Waals surface area contributed by atoms with Crippen molar-refractivity contribution < 1.29 is 9.59 Å². The van der Waals surface area contributed by atoms with Crippen LogP contribution in [0.3, 0.4) is 0 Å². The fraction of sp³-hybridized carbons (Fsp3) is 0.241. The minimum Gasteiger partial charge on any atom is -0.361 e. The van der Waals surface area contributed by atoms with E-state index in [1.807, 2.05) is 81.6 Å². The van der Waals surface area contributed by atoms with Crippen LogP contribution in [0.5, 0.6) is 0 Å². The van der Waals surface area contributed by atoms with Crippen molar-refractivity contribution in [3.8, 4) is 0 Å². The van der Waals surface area contributed by atoms with E-state index in [4.69, 9.17) is 11.6 Å². The number of aromatic amines is 1. The molecule has 0 aliphatic carbocycles. The largest absolute Gasteiger partial charge is 0.361 e. The van der Waals surface area contributed by atoms with Crippen LogP contribution in [0, 0.1) is 12.8 Å². The van der Waals surface area contributed by atoms with Gasteiger partial charge < -0.3 is 15.2 Å². The lowest BCUT2D eigenvalue weighted by molar-refractivity contribution is -0.122. The van der Waals surface area contributed by atoms with Crippen molar-refractivity contribution in [1.82, 2.24) is 9.88 Å². The van der Waals surface area contributed by atoms with Crippen LogP contribution >= 0.6 is 11.6 Å². The van der Waals surface area contributed by atoms with Crippen molar-refractivity contribution >= 4 is 40.0 Å². The zero-order chi connectivity index (χ0) is 24.7. The minimum atomic E-state index is -0.668. The molecule has 0 saturated heterocycles. The highest BCUT2D eigenvalue weighted by molar-refractivity contribution is 6.31. The van der Waals surface area contributed by atoms with Gasteiger partial charge in [0.2, 0.25) is 5.91 Å². The number of benzene rings is 3. The number of hydrogen-bond donors (Lipinski definition) is 2. The Morgan fingerprint density at radius 2 is 1.83 bits per heavy atom. The molecule has 1 aromatic heterocycles. The van der Waals surface area contributed by atoms with Crippen molar-refractivity contribution in [2.75, 3.05) is 5.32 Å². The SMILES string of the molecule is CCC(C)C(C(=O)Nc1ccc(C)c(Cl)c1)N1C(=O)c2ccccc2C1c1c[nH]c2ccccc12. The first-order chi connectivity index (χ1) is 16.9. The van der Waals surface area contributed by atoms with E-state index >= 15 is 0 Å². The van der Waals surface area contributed by atoms with Gasteiger partial charge in [-0.2, -0.15) is 0 Å². The molecule has 3 aromatic carbocycles. The molecule has 0 spiro atoms. The number of amides is 2. The molecule has 3 atom stereocenters. The number of nitrogens with zero attached hydrogens (tertiary/aromatic N) is 1. The average Bonchev–Trinajstić information content (AvgIpc) is 3.40. The number of anilines is 1. The van der Waals surface area contributed by atoms with Crippen LogP contribution in [0.4, 0.5) is 5.69 Å². The maximum absolute atomic E-state index is 13.9. The van der Waals surface area contributed by atoms with Gasteiger partial charge in [0.1, 0.15) is 6.04 Å². The fourth-order valence-corrected chi connectivity index (χ4v) is 5.21. The van der Waals surface area contributed by atoms with Gasteiger partial charge in [0, 0.05) is 38.9 Å². The molecule has 5 nitrogen and oxygen atoms in total. The Morgan fingerprint density at radius 1 is 1.09 bits per heavy atom. The number of rotatable bonds is 6. The summed E-state index contributed by atoms with van der Waals surface area (Å²) < 4.78 is 0. The van der Waals surface area contributed by atoms with Gasteiger partial charge in [0.25, 0.3) is 5.91 Å². The second-order valence-electron chi connectivity index (χ2n) is 9.28. The second-order valence-corrected chi connectivity index (χ2v) is 9.68. The Balaban J connectivity index is 1.61. The maximum atomic E-state index is 13.9. The van der Waals surface area contributed by atoms with Gasteiger partial charge in [-0.25, -0.2) is 0 Å². The van der Waals surface area contributed by atoms with Crippen LogP contribution in [0.15, 0.2) is 72.9 Å². The quantitative estimate of drug-likeness (QED) is 0.318. The average molecular weight is 486 g/mol. The number of halogens is 1. The molecule has 0 bridgehead atoms. The van der Waals surface area contributed by atoms with Crippen LogP contribution in [0.25, 0.3) is 10.9 Å². The lowest BCUT2D eigenvalue weighted by Crippen LogP contribution is -2.49. The smallest absolute Gasteiger partial charge is 0.255 e. The third-order valence-electron chi connectivity index (χ3n) is 7.10. The predicted molar refractivity (Wildman–Crippen MR) is 141 cm³/mol. The zero-order valence-corrected chi connectivity index (χ0v) is 20.8. The lowest BCUT2D eigenvalue weighted by atomic mass is 9.92. The van der Waals surface area contributed by atoms with Gasteiger partial charge in [0.05, 0.1) is 6.04 Å². The summed E-state index contributed by atoms with van der Waals surface area (Å²) in [4.78, 5) is 32.8. The molecule has 1 aliphatic heterocycles. The number of H-pyrrole nitrogens is 1. The number of para-hydroxylation sites is 1. The van der Waals surface area contributed by atoms with E-state index in [1.165, 1.54) is 0 Å². The van der Waals surface area contributed by atoms with Gasteiger partial charge in [-0.05, 0) is 48.2 Å². The van der Waals surface area contributed by atoms with Crippen molar-refractivity contribution in [2.24, 2.45) is 5.92 Å². The molecule has 0 saturated carbocycles. The van der Waals surface area contributed by atoms with Crippen molar-refractivity contribution in [1.29, 1.82) is 0 Å². The van der Waals surface area contributed by atoms with Crippen LogP contribution in [-0.2, 0) is 4.79 Å². The van der Waals surface area contributed by atoms with Gasteiger partial charge in [0.15, 0.2) is 0 Å². The molecule has 3 unspecified atom stereocenters. The molecule has 4 aromatic rings. The summed E-state index contributed by atoms with van der Waals surface area (Å²) in [5, 5.41) is 4.66. The molecule has 35 heavy (non-hydrogen) atoms. The number of aromatic nitrogens is 1. The number of nitrogens with one attached hydrogen (secondary N) is 2. The van der Waals surface area contributed by atoms with E-state index in [0.29, 0.717) is 16.3 Å². The summed E-state index contributed by atoms with van der Waals surface area (Å²) in [6, 6.07) is 20.1. The summed E-state index contributed by atoms with van der Waals surface area (Å²) in [5.74, 6) is -0.412. The molecular weight excluding hydrogens is 458 g/mol. The molecule has 0 radical (unpaired) electrons. The Labute approximate surface area is 210 Å². The Hall–Kier alpha value is -3.57. The molecule has 5 rings (SSSR count). The van der Waals surface area contributed by atoms with E-state index in [1.54, 1.807) is 11.0 Å². The number of aryl methyl sites for hydroxylation is 1. The molecular formula is C29H28ClN3O2. The summed E-state index contributed by atoms with van der Waals surface area (Å²) >= 11 is 6.30. The zero-order valence-electron chi connectivity index (χ0n) is 20.0. The molecule has 2 N–H and O–H groups in total. The Bertz CT molecular complexity index is 1430. The van der Waals surface area contributed by atoms with Crippen molar-refractivity contribution in [3.05, 3.63) is 100 Å². The van der Waals surface area contributed by atoms with Crippen molar-refractivity contribution in [3.63, 3.8) is 0 Å². The van der Waals surface area contributed by atoms with E-state index in [9.17, 15) is 9.59 Å². The third-order valence-corrected chi connectivity index (χ3v) is 7.51. The Morgan fingerprint density at radius 3 is 2.60 bits per heavy atom. The lowest BCUT2D eigenvalue weighted by Gasteiger charge is -2.36. The molecule has 1 aliphatic rings. The summed E-state index contributed by atoms with van der Waals surface area (Å²) in [6.45, 7) is 5.98. The van der Waals surface area contributed by atoms with Crippen LogP contribution < -0.4 is 5.32 Å². The number of carbonyl (C=O) groups is 2. The van der Waals surface area contributed by atoms with E-state index < -0.39 is 6.04 Å². The number of fused-ring (bicyclic) bond motifs is 2. The monoisotopic (exact) mass is 485 g/mol. The molecule has 178 valence electrons. The molecule has 6 heteroatoms. The van der Waals surface area contributed by atoms with E-state index in [2.05, 4.69) is 16.4 Å². The van der Waals surface area contributed by atoms with Gasteiger partial charge in [-0.1, -0.05) is 74.3 Å². The number of carbonyl (C=O) groups excluding carboxylic acids is 2. The molecule has 0 fully saturated rings. The summed E-state index contributed by atoms with van der Waals surface area (Å²) in [7, 11) is 0. The topological polar surface area (TPSA) is 65.2 Å². The minimum absolute atomic E-state index is 0.0677. The van der Waals surface area contributed by atoms with Crippen LogP contribution in [0.2, 0.25) is 5.02 Å². The maximum Gasteiger partial charge on any atom is 0.255 e. The highest BCUT2D eigenvalue weighted by Crippen LogP contribution is 2.43. The third kappa shape index (κ3) is 4.00. The van der Waals surface area contributed by atoms with Crippen molar-refractivity contribution in [2.45, 2.75) is 39.3 Å². The number of hydrogen-bond acceptors (Lipinski definition) is 2. The second kappa shape index (κ2) is 9.23. The predicted octanol–water partition coefficient (Wildman–Crippen LogP) is 6.73. The van der Waals surface area contributed by atoms with Gasteiger partial charge >= 0.3 is 0 Å². The molecule has 2 heterocycles. The highest BCUT2D eigenvalue weighted by atomic mass is 35.5. The van der Waals surface area contributed by atoms with E-state index in [-0.39, 0.29) is 23.8 Å².